The van der Waals surface area contributed by atoms with E-state index < -0.39 is 0 Å². The highest BCUT2D eigenvalue weighted by molar-refractivity contribution is 7.99. The van der Waals surface area contributed by atoms with Crippen molar-refractivity contribution in [1.29, 1.82) is 0 Å². The van der Waals surface area contributed by atoms with Crippen molar-refractivity contribution < 1.29 is 4.52 Å². The van der Waals surface area contributed by atoms with Crippen LogP contribution < -0.4 is 0 Å². The number of aromatic nitrogens is 5. The summed E-state index contributed by atoms with van der Waals surface area (Å²) < 4.78 is 5.31. The SMILES string of the molecule is CCCc1noc(C(C)Sc2n[nH]c(-c3ccc(C)cc3)n2)n1. The van der Waals surface area contributed by atoms with Crippen LogP contribution in [0.2, 0.25) is 0 Å². The first-order chi connectivity index (χ1) is 11.2. The van der Waals surface area contributed by atoms with Crippen molar-refractivity contribution in [2.45, 2.75) is 44.0 Å². The molecule has 1 atom stereocenters. The van der Waals surface area contributed by atoms with Crippen LogP contribution in [-0.4, -0.2) is 25.3 Å². The monoisotopic (exact) mass is 329 g/mol. The van der Waals surface area contributed by atoms with Gasteiger partial charge in [-0.05, 0) is 20.3 Å². The highest BCUT2D eigenvalue weighted by Crippen LogP contribution is 2.32. The Labute approximate surface area is 139 Å². The molecular weight excluding hydrogens is 310 g/mol. The number of aromatic amines is 1. The maximum atomic E-state index is 5.31. The number of benzene rings is 1. The molecule has 6 nitrogen and oxygen atoms in total. The van der Waals surface area contributed by atoms with Crippen molar-refractivity contribution in [3.63, 3.8) is 0 Å². The van der Waals surface area contributed by atoms with E-state index in [1.54, 1.807) is 0 Å². The van der Waals surface area contributed by atoms with Gasteiger partial charge in [-0.2, -0.15) is 4.98 Å². The zero-order valence-corrected chi connectivity index (χ0v) is 14.2. The zero-order chi connectivity index (χ0) is 16.2. The van der Waals surface area contributed by atoms with Crippen molar-refractivity contribution in [1.82, 2.24) is 25.3 Å². The lowest BCUT2D eigenvalue weighted by molar-refractivity contribution is 0.374. The second kappa shape index (κ2) is 6.95. The van der Waals surface area contributed by atoms with Crippen LogP contribution in [0.25, 0.3) is 11.4 Å². The van der Waals surface area contributed by atoms with Gasteiger partial charge in [-0.1, -0.05) is 53.7 Å². The Morgan fingerprint density at radius 1 is 1.22 bits per heavy atom. The molecule has 120 valence electrons. The lowest BCUT2D eigenvalue weighted by atomic mass is 10.1. The first-order valence-electron chi connectivity index (χ1n) is 7.64. The molecule has 0 saturated carbocycles. The molecule has 0 aliphatic heterocycles. The molecule has 3 rings (SSSR count). The summed E-state index contributed by atoms with van der Waals surface area (Å²) in [5.74, 6) is 2.13. The van der Waals surface area contributed by atoms with Gasteiger partial charge in [0, 0.05) is 12.0 Å². The Bertz CT molecular complexity index is 765. The minimum Gasteiger partial charge on any atom is -0.338 e. The van der Waals surface area contributed by atoms with Crippen LogP contribution in [0.15, 0.2) is 33.9 Å². The molecule has 7 heteroatoms. The number of thioether (sulfide) groups is 1. The molecule has 0 saturated heterocycles. The predicted octanol–water partition coefficient (Wildman–Crippen LogP) is 3.97. The van der Waals surface area contributed by atoms with Crippen LogP contribution in [0.5, 0.6) is 0 Å². The molecule has 0 spiro atoms. The average Bonchev–Trinajstić information content (AvgIpc) is 3.18. The van der Waals surface area contributed by atoms with Gasteiger partial charge in [0.15, 0.2) is 11.6 Å². The van der Waals surface area contributed by atoms with Crippen molar-refractivity contribution >= 4 is 11.8 Å². The fourth-order valence-corrected chi connectivity index (χ4v) is 2.86. The number of hydrogen-bond acceptors (Lipinski definition) is 6. The molecule has 3 aromatic rings. The second-order valence-corrected chi connectivity index (χ2v) is 6.70. The molecule has 2 aromatic heterocycles. The maximum absolute atomic E-state index is 5.31. The Hall–Kier alpha value is -2.15. The number of H-pyrrole nitrogens is 1. The molecule has 23 heavy (non-hydrogen) atoms. The van der Waals surface area contributed by atoms with Crippen molar-refractivity contribution in [2.24, 2.45) is 0 Å². The zero-order valence-electron chi connectivity index (χ0n) is 13.4. The molecule has 0 aliphatic rings. The molecule has 0 aliphatic carbocycles. The second-order valence-electron chi connectivity index (χ2n) is 5.39. The molecule has 1 N–H and O–H groups in total. The molecule has 0 bridgehead atoms. The Balaban J connectivity index is 1.69. The van der Waals surface area contributed by atoms with Gasteiger partial charge in [0.25, 0.3) is 0 Å². The van der Waals surface area contributed by atoms with Gasteiger partial charge in [-0.25, -0.2) is 4.98 Å². The molecule has 1 aromatic carbocycles. The predicted molar refractivity (Wildman–Crippen MR) is 89.1 cm³/mol. The van der Waals surface area contributed by atoms with E-state index in [9.17, 15) is 0 Å². The van der Waals surface area contributed by atoms with E-state index in [-0.39, 0.29) is 5.25 Å². The summed E-state index contributed by atoms with van der Waals surface area (Å²) in [6.07, 6.45) is 1.83. The lowest BCUT2D eigenvalue weighted by Crippen LogP contribution is -1.91. The molecule has 0 fully saturated rings. The van der Waals surface area contributed by atoms with Crippen LogP contribution in [0.3, 0.4) is 0 Å². The number of hydrogen-bond donors (Lipinski definition) is 1. The van der Waals surface area contributed by atoms with Crippen LogP contribution in [0.1, 0.15) is 42.8 Å². The minimum atomic E-state index is 0.00905. The van der Waals surface area contributed by atoms with Crippen molar-refractivity contribution in [3.05, 3.63) is 41.5 Å². The van der Waals surface area contributed by atoms with Gasteiger partial charge in [-0.3, -0.25) is 5.10 Å². The van der Waals surface area contributed by atoms with Gasteiger partial charge < -0.3 is 4.52 Å². The summed E-state index contributed by atoms with van der Waals surface area (Å²) >= 11 is 1.50. The number of aryl methyl sites for hydroxylation is 2. The van der Waals surface area contributed by atoms with Gasteiger partial charge in [0.05, 0.1) is 5.25 Å². The number of rotatable bonds is 6. The van der Waals surface area contributed by atoms with E-state index in [4.69, 9.17) is 4.52 Å². The van der Waals surface area contributed by atoms with E-state index >= 15 is 0 Å². The van der Waals surface area contributed by atoms with Crippen LogP contribution in [0, 0.1) is 6.92 Å². The normalized spacial score (nSPS) is 12.5. The summed E-state index contributed by atoms with van der Waals surface area (Å²) in [6.45, 7) is 6.16. The Morgan fingerprint density at radius 3 is 2.74 bits per heavy atom. The van der Waals surface area contributed by atoms with Gasteiger partial charge in [-0.15, -0.1) is 5.10 Å². The summed E-state index contributed by atoms with van der Waals surface area (Å²) in [6, 6.07) is 8.17. The first-order valence-corrected chi connectivity index (χ1v) is 8.52. The van der Waals surface area contributed by atoms with E-state index in [0.717, 1.165) is 30.1 Å². The van der Waals surface area contributed by atoms with E-state index in [1.807, 2.05) is 19.1 Å². The number of nitrogens with zero attached hydrogens (tertiary/aromatic N) is 4. The summed E-state index contributed by atoms with van der Waals surface area (Å²) in [7, 11) is 0. The largest absolute Gasteiger partial charge is 0.338 e. The molecule has 2 heterocycles. The quantitative estimate of drug-likeness (QED) is 0.689. The van der Waals surface area contributed by atoms with Crippen LogP contribution in [0.4, 0.5) is 0 Å². The third-order valence-corrected chi connectivity index (χ3v) is 4.33. The standard InChI is InChI=1S/C16H19N5OS/c1-4-5-13-17-15(22-21-13)11(3)23-16-18-14(19-20-16)12-8-6-10(2)7-9-12/h6-9,11H,4-5H2,1-3H3,(H,18,19,20). The highest BCUT2D eigenvalue weighted by atomic mass is 32.2. The average molecular weight is 329 g/mol. The fraction of sp³-hybridized carbons (Fsp3) is 0.375. The van der Waals surface area contributed by atoms with Crippen molar-refractivity contribution in [3.8, 4) is 11.4 Å². The van der Waals surface area contributed by atoms with Gasteiger partial charge >= 0.3 is 0 Å². The number of nitrogens with one attached hydrogen (secondary N) is 1. The third kappa shape index (κ3) is 3.79. The Morgan fingerprint density at radius 2 is 2.00 bits per heavy atom. The third-order valence-electron chi connectivity index (χ3n) is 3.38. The van der Waals surface area contributed by atoms with E-state index in [0.29, 0.717) is 11.0 Å². The van der Waals surface area contributed by atoms with Gasteiger partial charge in [0.2, 0.25) is 11.0 Å². The Kier molecular flexibility index (Phi) is 4.76. The first kappa shape index (κ1) is 15.7. The van der Waals surface area contributed by atoms with E-state index in [2.05, 4.69) is 51.3 Å². The maximum Gasteiger partial charge on any atom is 0.239 e. The van der Waals surface area contributed by atoms with Crippen molar-refractivity contribution in [2.75, 3.05) is 0 Å². The lowest BCUT2D eigenvalue weighted by Gasteiger charge is -2.01. The molecule has 0 amide bonds. The minimum absolute atomic E-state index is 0.00905. The summed E-state index contributed by atoms with van der Waals surface area (Å²) in [5, 5.41) is 11.9. The summed E-state index contributed by atoms with van der Waals surface area (Å²) in [4.78, 5) is 8.93. The van der Waals surface area contributed by atoms with Crippen LogP contribution >= 0.6 is 11.8 Å². The smallest absolute Gasteiger partial charge is 0.239 e. The fourth-order valence-electron chi connectivity index (χ4n) is 2.11. The highest BCUT2D eigenvalue weighted by Gasteiger charge is 2.18. The summed E-state index contributed by atoms with van der Waals surface area (Å²) in [5.41, 5.74) is 2.24. The molecular formula is C16H19N5OS. The van der Waals surface area contributed by atoms with E-state index in [1.165, 1.54) is 17.3 Å². The topological polar surface area (TPSA) is 80.5 Å². The van der Waals surface area contributed by atoms with Gasteiger partial charge in [0.1, 0.15) is 0 Å². The molecule has 1 unspecified atom stereocenters. The molecule has 0 radical (unpaired) electrons. The van der Waals surface area contributed by atoms with Crippen LogP contribution in [-0.2, 0) is 6.42 Å².